The maximum atomic E-state index is 9.08. The van der Waals surface area contributed by atoms with Crippen LogP contribution in [0.3, 0.4) is 0 Å². The van der Waals surface area contributed by atoms with Crippen molar-refractivity contribution in [3.63, 3.8) is 0 Å². The van der Waals surface area contributed by atoms with Crippen molar-refractivity contribution < 1.29 is 33.4 Å². The first-order valence-corrected chi connectivity index (χ1v) is 20.4. The van der Waals surface area contributed by atoms with Gasteiger partial charge in [0.1, 0.15) is 0 Å². The van der Waals surface area contributed by atoms with Gasteiger partial charge in [-0.3, -0.25) is 0 Å². The molecule has 278 valence electrons. The van der Waals surface area contributed by atoms with Gasteiger partial charge in [0.05, 0.1) is 10.1 Å². The third-order valence-corrected chi connectivity index (χ3v) is 11.5. The Morgan fingerprint density at radius 2 is 1.16 bits per heavy atom. The van der Waals surface area contributed by atoms with E-state index in [4.69, 9.17) is 13.0 Å². The fourth-order valence-corrected chi connectivity index (χ4v) is 10.2. The molecule has 0 atom stereocenters. The van der Waals surface area contributed by atoms with Crippen molar-refractivity contribution in [1.29, 1.82) is 0 Å². The third-order valence-electron chi connectivity index (χ3n) is 8.00. The van der Waals surface area contributed by atoms with Crippen LogP contribution in [0, 0.1) is 12.1 Å². The van der Waals surface area contributed by atoms with E-state index in [-0.39, 0.29) is 30.7 Å². The summed E-state index contributed by atoms with van der Waals surface area (Å²) in [4.78, 5) is 0. The first-order valence-electron chi connectivity index (χ1n) is 17.2. The van der Waals surface area contributed by atoms with E-state index in [2.05, 4.69) is 149 Å². The molecular formula is C43H59NO3PPdS-3. The molecule has 0 saturated carbocycles. The van der Waals surface area contributed by atoms with Crippen molar-refractivity contribution in [1.82, 2.24) is 0 Å². The van der Waals surface area contributed by atoms with Gasteiger partial charge in [-0.2, -0.15) is 24.3 Å². The van der Waals surface area contributed by atoms with E-state index in [1.807, 2.05) is 37.4 Å². The molecule has 0 amide bonds. The zero-order valence-corrected chi connectivity index (χ0v) is 35.9. The van der Waals surface area contributed by atoms with Crippen LogP contribution in [-0.4, -0.2) is 36.6 Å². The van der Waals surface area contributed by atoms with Gasteiger partial charge in [-0.05, 0) is 56.5 Å². The van der Waals surface area contributed by atoms with Crippen molar-refractivity contribution in [2.45, 2.75) is 111 Å². The van der Waals surface area contributed by atoms with Crippen molar-refractivity contribution >= 4 is 29.0 Å². The summed E-state index contributed by atoms with van der Waals surface area (Å²) in [5.41, 5.74) is 10.8. The van der Waals surface area contributed by atoms with Crippen LogP contribution in [0.4, 0.5) is 5.69 Å². The SMILES string of the molecule is CC(C)c1cc(C(C)C)c(-c2ccc[c-]c2P(C(C)(C)C)C(C)(C)C)c(C(C)C)c1.CNc1ccccc1-c1[c-]cccc1.CS(=O)(=O)[O-].[Pd]. The van der Waals surface area contributed by atoms with Gasteiger partial charge in [-0.15, -0.1) is 46.8 Å². The van der Waals surface area contributed by atoms with Gasteiger partial charge in [0.25, 0.3) is 0 Å². The van der Waals surface area contributed by atoms with Gasteiger partial charge in [0.15, 0.2) is 0 Å². The minimum atomic E-state index is -3.92. The predicted octanol–water partition coefficient (Wildman–Crippen LogP) is 11.6. The maximum Gasteiger partial charge on any atom is 0.0916 e. The van der Waals surface area contributed by atoms with Gasteiger partial charge in [-0.25, -0.2) is 8.42 Å². The quantitative estimate of drug-likeness (QED) is 0.0874. The van der Waals surface area contributed by atoms with E-state index in [1.54, 1.807) is 0 Å². The van der Waals surface area contributed by atoms with Crippen molar-refractivity contribution in [3.05, 3.63) is 108 Å². The minimum absolute atomic E-state index is 0. The van der Waals surface area contributed by atoms with Gasteiger partial charge >= 0.3 is 0 Å². The summed E-state index contributed by atoms with van der Waals surface area (Å²) in [5, 5.41) is 5.05. The summed E-state index contributed by atoms with van der Waals surface area (Å²) in [5.74, 6) is 1.51. The average Bonchev–Trinajstić information content (AvgIpc) is 2.99. The molecule has 4 nitrogen and oxygen atoms in total. The zero-order chi connectivity index (χ0) is 37.3. The second-order valence-electron chi connectivity index (χ2n) is 15.4. The Balaban J connectivity index is 0.000000514. The van der Waals surface area contributed by atoms with Gasteiger partial charge in [0.2, 0.25) is 0 Å². The smallest absolute Gasteiger partial charge is 0.0916 e. The molecule has 0 aromatic heterocycles. The van der Waals surface area contributed by atoms with Crippen LogP contribution in [-0.2, 0) is 30.5 Å². The number of hydrogen-bond donors (Lipinski definition) is 1. The van der Waals surface area contributed by atoms with E-state index in [0.29, 0.717) is 24.0 Å². The third kappa shape index (κ3) is 13.7. The Morgan fingerprint density at radius 1 is 0.700 bits per heavy atom. The molecule has 0 fully saturated rings. The Labute approximate surface area is 320 Å². The van der Waals surface area contributed by atoms with E-state index in [0.717, 1.165) is 11.3 Å². The maximum absolute atomic E-state index is 9.08. The molecule has 0 saturated heterocycles. The summed E-state index contributed by atoms with van der Waals surface area (Å²) in [7, 11) is -2.41. The zero-order valence-electron chi connectivity index (χ0n) is 32.6. The summed E-state index contributed by atoms with van der Waals surface area (Å²) in [6.45, 7) is 28.4. The summed E-state index contributed by atoms with van der Waals surface area (Å²) in [6, 6.07) is 34.8. The number of hydrogen-bond acceptors (Lipinski definition) is 4. The van der Waals surface area contributed by atoms with E-state index >= 15 is 0 Å². The number of anilines is 1. The van der Waals surface area contributed by atoms with Crippen LogP contribution < -0.4 is 10.6 Å². The molecule has 0 heterocycles. The molecule has 0 bridgehead atoms. The van der Waals surface area contributed by atoms with Gasteiger partial charge in [-0.1, -0.05) is 132 Å². The molecule has 1 N–H and O–H groups in total. The van der Waals surface area contributed by atoms with Crippen LogP contribution >= 0.6 is 7.92 Å². The molecule has 0 spiro atoms. The number of benzene rings is 4. The second-order valence-corrected chi connectivity index (χ2v) is 20.6. The van der Waals surface area contributed by atoms with Crippen LogP contribution in [0.25, 0.3) is 22.3 Å². The molecule has 0 aliphatic rings. The molecular weight excluding hydrogens is 748 g/mol. The normalized spacial score (nSPS) is 11.8. The Kier molecular flexibility index (Phi) is 17.8. The number of para-hydroxylation sites is 1. The Bertz CT molecular complexity index is 1690. The minimum Gasteiger partial charge on any atom is -0.748 e. The van der Waals surface area contributed by atoms with Crippen molar-refractivity contribution in [3.8, 4) is 22.3 Å². The fourth-order valence-electron chi connectivity index (χ4n) is 6.26. The second kappa shape index (κ2) is 19.5. The summed E-state index contributed by atoms with van der Waals surface area (Å²) < 4.78 is 27.2. The van der Waals surface area contributed by atoms with E-state index in [1.165, 1.54) is 38.7 Å². The summed E-state index contributed by atoms with van der Waals surface area (Å²) >= 11 is 0. The average molecular weight is 807 g/mol. The van der Waals surface area contributed by atoms with E-state index < -0.39 is 18.0 Å². The molecule has 7 heteroatoms. The molecule has 0 unspecified atom stereocenters. The van der Waals surface area contributed by atoms with Crippen LogP contribution in [0.5, 0.6) is 0 Å². The van der Waals surface area contributed by atoms with E-state index in [9.17, 15) is 0 Å². The first kappa shape index (κ1) is 45.7. The van der Waals surface area contributed by atoms with Gasteiger partial charge in [0, 0.05) is 33.7 Å². The number of rotatable bonds is 7. The topological polar surface area (TPSA) is 69.2 Å². The largest absolute Gasteiger partial charge is 0.748 e. The molecule has 4 aromatic rings. The predicted molar refractivity (Wildman–Crippen MR) is 215 cm³/mol. The fraction of sp³-hybridized carbons (Fsp3) is 0.442. The molecule has 0 radical (unpaired) electrons. The Hall–Kier alpha value is -2.32. The van der Waals surface area contributed by atoms with Crippen LogP contribution in [0.2, 0.25) is 0 Å². The summed E-state index contributed by atoms with van der Waals surface area (Å²) in [6.07, 6.45) is 0.604. The molecule has 50 heavy (non-hydrogen) atoms. The molecule has 0 aliphatic heterocycles. The Morgan fingerprint density at radius 3 is 1.58 bits per heavy atom. The molecule has 0 aliphatic carbocycles. The number of nitrogens with one attached hydrogen (secondary N) is 1. The molecule has 4 rings (SSSR count). The van der Waals surface area contributed by atoms with Gasteiger partial charge < -0.3 is 9.87 Å². The monoisotopic (exact) mass is 806 g/mol. The standard InChI is InChI=1S/C29H44P.C13H12N.CH4O3S.Pd/c1-19(2)22-17-24(20(3)4)27(25(18-22)21(5)6)23-15-13-14-16-26(23)30(28(7,8)9)29(10,11)12;1-14-13-10-6-5-9-12(13)11-7-3-2-4-8-11;1-5(2,3)4;/h13-15,17-21H,1-12H3;2-7,9-10,14H,1H3;1H3,(H,2,3,4);/q2*-1;;/p-1. The van der Waals surface area contributed by atoms with Crippen LogP contribution in [0.15, 0.2) is 78.9 Å². The first-order chi connectivity index (χ1) is 22.6. The van der Waals surface area contributed by atoms with Crippen molar-refractivity contribution in [2.24, 2.45) is 0 Å². The van der Waals surface area contributed by atoms with Crippen molar-refractivity contribution in [2.75, 3.05) is 18.6 Å². The molecule has 4 aromatic carbocycles. The van der Waals surface area contributed by atoms with Crippen LogP contribution in [0.1, 0.15) is 118 Å².